The molecule has 0 spiro atoms. The molecule has 7 nitrogen and oxygen atoms in total. The van der Waals surface area contributed by atoms with Crippen molar-refractivity contribution in [1.82, 2.24) is 4.98 Å². The van der Waals surface area contributed by atoms with Crippen LogP contribution in [0.25, 0.3) is 10.9 Å². The van der Waals surface area contributed by atoms with E-state index in [0.29, 0.717) is 37.6 Å². The fourth-order valence-electron chi connectivity index (χ4n) is 4.50. The molecule has 2 aromatic rings. The molecular weight excluding hydrogens is 396 g/mol. The van der Waals surface area contributed by atoms with E-state index >= 15 is 0 Å². The average Bonchev–Trinajstić information content (AvgIpc) is 3.13. The number of aryl methyl sites for hydroxylation is 1. The molecule has 1 aromatic heterocycles. The number of carboxylic acid groups (broad SMARTS) is 1. The minimum atomic E-state index is -0.946. The summed E-state index contributed by atoms with van der Waals surface area (Å²) in [7, 11) is 0. The number of carbonyl (C=O) groups is 1. The van der Waals surface area contributed by atoms with E-state index < -0.39 is 11.6 Å². The van der Waals surface area contributed by atoms with Gasteiger partial charge in [-0.2, -0.15) is 5.26 Å². The lowest BCUT2D eigenvalue weighted by molar-refractivity contribution is -0.155. The number of nitriles is 1. The Kier molecular flexibility index (Phi) is 6.93. The molecule has 2 N–H and O–H groups in total. The highest BCUT2D eigenvalue weighted by Gasteiger charge is 2.46. The van der Waals surface area contributed by atoms with Crippen molar-refractivity contribution in [2.24, 2.45) is 5.92 Å². The summed E-state index contributed by atoms with van der Waals surface area (Å²) in [6, 6.07) is 4.08. The van der Waals surface area contributed by atoms with Gasteiger partial charge in [-0.15, -0.1) is 0 Å². The highest BCUT2D eigenvalue weighted by molar-refractivity contribution is 5.94. The van der Waals surface area contributed by atoms with Crippen molar-refractivity contribution in [2.45, 2.75) is 65.6 Å². The third-order valence-corrected chi connectivity index (χ3v) is 6.26. The standard InChI is InChI=1S/C24H32N2O5/c1-6-15(4)24(12-20(27)28)23-18(7-8-31-24)21-17(13-25)11-19(16(5)22(21)26-23)30-10-9-29-14(2)3/h11,14-15,26H,6-10,12H2,1-5H3,(H,27,28)/t15?,24-/m0/s1. The quantitative estimate of drug-likeness (QED) is 0.572. The molecule has 2 atom stereocenters. The van der Waals surface area contributed by atoms with Crippen LogP contribution in [0.5, 0.6) is 5.75 Å². The van der Waals surface area contributed by atoms with Crippen LogP contribution in [0, 0.1) is 24.2 Å². The molecule has 7 heteroatoms. The van der Waals surface area contributed by atoms with Gasteiger partial charge < -0.3 is 24.3 Å². The highest BCUT2D eigenvalue weighted by atomic mass is 16.5. The second kappa shape index (κ2) is 9.29. The Balaban J connectivity index is 2.13. The van der Waals surface area contributed by atoms with Crippen LogP contribution in [0.3, 0.4) is 0 Å². The lowest BCUT2D eigenvalue weighted by Crippen LogP contribution is -2.43. The van der Waals surface area contributed by atoms with E-state index in [1.54, 1.807) is 6.07 Å². The van der Waals surface area contributed by atoms with Crippen LogP contribution >= 0.6 is 0 Å². The van der Waals surface area contributed by atoms with Gasteiger partial charge in [-0.3, -0.25) is 4.79 Å². The number of fused-ring (bicyclic) bond motifs is 3. The largest absolute Gasteiger partial charge is 0.491 e. The maximum atomic E-state index is 11.8. The predicted molar refractivity (Wildman–Crippen MR) is 117 cm³/mol. The molecule has 0 saturated carbocycles. The summed E-state index contributed by atoms with van der Waals surface area (Å²) < 4.78 is 17.7. The van der Waals surface area contributed by atoms with E-state index in [2.05, 4.69) is 11.1 Å². The van der Waals surface area contributed by atoms with Crippen molar-refractivity contribution in [3.8, 4) is 11.8 Å². The number of hydrogen-bond acceptors (Lipinski definition) is 5. The summed E-state index contributed by atoms with van der Waals surface area (Å²) in [5.74, 6) is -0.285. The monoisotopic (exact) mass is 428 g/mol. The molecular formula is C24H32N2O5. The minimum absolute atomic E-state index is 0.00884. The number of ether oxygens (including phenoxy) is 3. The molecule has 0 radical (unpaired) electrons. The topological polar surface area (TPSA) is 105 Å². The number of carboxylic acids is 1. The second-order valence-corrected chi connectivity index (χ2v) is 8.52. The van der Waals surface area contributed by atoms with Gasteiger partial charge in [-0.05, 0) is 44.7 Å². The van der Waals surface area contributed by atoms with E-state index in [4.69, 9.17) is 14.2 Å². The summed E-state index contributed by atoms with van der Waals surface area (Å²) in [5.41, 5.74) is 3.04. The van der Waals surface area contributed by atoms with Gasteiger partial charge >= 0.3 is 5.97 Å². The SMILES string of the molecule is CCC(C)[C@]1(CC(=O)O)OCCc2c1[nH]c1c(C)c(OCCOC(C)C)cc(C#N)c21. The molecule has 2 heterocycles. The maximum Gasteiger partial charge on any atom is 0.306 e. The first-order valence-corrected chi connectivity index (χ1v) is 10.9. The van der Waals surface area contributed by atoms with Gasteiger partial charge in [0.15, 0.2) is 0 Å². The van der Waals surface area contributed by atoms with Crippen LogP contribution in [-0.4, -0.2) is 42.0 Å². The normalized spacial score (nSPS) is 19.3. The van der Waals surface area contributed by atoms with E-state index in [0.717, 1.165) is 34.1 Å². The molecule has 1 aliphatic rings. The Labute approximate surface area is 183 Å². The fourth-order valence-corrected chi connectivity index (χ4v) is 4.50. The number of H-pyrrole nitrogens is 1. The molecule has 1 aliphatic heterocycles. The van der Waals surface area contributed by atoms with Gasteiger partial charge in [0.25, 0.3) is 0 Å². The summed E-state index contributed by atoms with van der Waals surface area (Å²) >= 11 is 0. The number of rotatable bonds is 9. The van der Waals surface area contributed by atoms with Crippen molar-refractivity contribution >= 4 is 16.9 Å². The van der Waals surface area contributed by atoms with Crippen LogP contribution in [0.2, 0.25) is 0 Å². The molecule has 0 aliphatic carbocycles. The summed E-state index contributed by atoms with van der Waals surface area (Å²) in [6.07, 6.45) is 1.40. The number of nitrogens with one attached hydrogen (secondary N) is 1. The fraction of sp³-hybridized carbons (Fsp3) is 0.583. The van der Waals surface area contributed by atoms with Crippen LogP contribution in [0.15, 0.2) is 6.07 Å². The summed E-state index contributed by atoms with van der Waals surface area (Å²) in [5, 5.41) is 20.4. The molecule has 31 heavy (non-hydrogen) atoms. The van der Waals surface area contributed by atoms with Crippen molar-refractivity contribution in [3.63, 3.8) is 0 Å². The van der Waals surface area contributed by atoms with Crippen LogP contribution < -0.4 is 4.74 Å². The van der Waals surface area contributed by atoms with Gasteiger partial charge in [0.05, 0.1) is 48.6 Å². The zero-order valence-electron chi connectivity index (χ0n) is 19.0. The van der Waals surface area contributed by atoms with Gasteiger partial charge in [0.1, 0.15) is 18.0 Å². The number of aromatic amines is 1. The van der Waals surface area contributed by atoms with E-state index in [1.807, 2.05) is 34.6 Å². The number of hydrogen-bond donors (Lipinski definition) is 2. The first-order chi connectivity index (χ1) is 14.7. The summed E-state index contributed by atoms with van der Waals surface area (Å²) in [6.45, 7) is 11.2. The summed E-state index contributed by atoms with van der Waals surface area (Å²) in [4.78, 5) is 15.2. The molecule has 1 unspecified atom stereocenters. The first-order valence-electron chi connectivity index (χ1n) is 10.9. The van der Waals surface area contributed by atoms with E-state index in [9.17, 15) is 15.2 Å². The number of benzene rings is 1. The van der Waals surface area contributed by atoms with Gasteiger partial charge in [-0.25, -0.2) is 0 Å². The average molecular weight is 429 g/mol. The zero-order valence-corrected chi connectivity index (χ0v) is 19.0. The molecule has 3 rings (SSSR count). The van der Waals surface area contributed by atoms with Gasteiger partial charge in [0, 0.05) is 10.9 Å². The van der Waals surface area contributed by atoms with Crippen LogP contribution in [-0.2, 0) is 26.3 Å². The minimum Gasteiger partial charge on any atom is -0.491 e. The lowest BCUT2D eigenvalue weighted by atomic mass is 9.77. The van der Waals surface area contributed by atoms with Crippen molar-refractivity contribution in [2.75, 3.05) is 19.8 Å². The molecule has 0 saturated heterocycles. The smallest absolute Gasteiger partial charge is 0.306 e. The third-order valence-electron chi connectivity index (χ3n) is 6.26. The highest BCUT2D eigenvalue weighted by Crippen LogP contribution is 2.47. The van der Waals surface area contributed by atoms with Crippen molar-refractivity contribution < 1.29 is 24.1 Å². The lowest BCUT2D eigenvalue weighted by Gasteiger charge is -2.40. The number of aromatic nitrogens is 1. The molecule has 0 fully saturated rings. The molecule has 0 amide bonds. The van der Waals surface area contributed by atoms with Gasteiger partial charge in [-0.1, -0.05) is 20.3 Å². The number of aliphatic carboxylic acids is 1. The Morgan fingerprint density at radius 2 is 2.13 bits per heavy atom. The maximum absolute atomic E-state index is 11.8. The predicted octanol–water partition coefficient (Wildman–Crippen LogP) is 4.44. The molecule has 0 bridgehead atoms. The van der Waals surface area contributed by atoms with Crippen molar-refractivity contribution in [1.29, 1.82) is 5.26 Å². The Morgan fingerprint density at radius 1 is 1.39 bits per heavy atom. The zero-order chi connectivity index (χ0) is 22.8. The first kappa shape index (κ1) is 23.1. The Bertz CT molecular complexity index is 1000. The Hall–Kier alpha value is -2.56. The van der Waals surface area contributed by atoms with Crippen molar-refractivity contribution in [3.05, 3.63) is 28.5 Å². The van der Waals surface area contributed by atoms with Crippen LogP contribution in [0.1, 0.15) is 62.9 Å². The third kappa shape index (κ3) is 4.28. The molecule has 1 aromatic carbocycles. The van der Waals surface area contributed by atoms with E-state index in [1.165, 1.54) is 0 Å². The van der Waals surface area contributed by atoms with Gasteiger partial charge in [0.2, 0.25) is 0 Å². The van der Waals surface area contributed by atoms with Crippen LogP contribution in [0.4, 0.5) is 0 Å². The second-order valence-electron chi connectivity index (χ2n) is 8.52. The number of nitrogens with zero attached hydrogens (tertiary/aromatic N) is 1. The van der Waals surface area contributed by atoms with E-state index in [-0.39, 0.29) is 18.4 Å². The molecule has 168 valence electrons. The Morgan fingerprint density at radius 3 is 2.74 bits per heavy atom.